The Morgan fingerprint density at radius 3 is 2.92 bits per heavy atom. The van der Waals surface area contributed by atoms with E-state index in [0.717, 1.165) is 39.8 Å². The number of ether oxygens (including phenoxy) is 1. The molecule has 126 valence electrons. The number of rotatable bonds is 5. The van der Waals surface area contributed by atoms with Crippen LogP contribution in [-0.2, 0) is 0 Å². The van der Waals surface area contributed by atoms with E-state index in [1.807, 2.05) is 23.0 Å². The first-order valence-electron chi connectivity index (χ1n) is 8.55. The summed E-state index contributed by atoms with van der Waals surface area (Å²) in [5.74, 6) is 0.871. The zero-order valence-electron chi connectivity index (χ0n) is 14.0. The Morgan fingerprint density at radius 2 is 2.12 bits per heavy atom. The summed E-state index contributed by atoms with van der Waals surface area (Å²) in [4.78, 5) is 10.1. The fraction of sp³-hybridized carbons (Fsp3) is 0.444. The van der Waals surface area contributed by atoms with E-state index >= 15 is 0 Å². The van der Waals surface area contributed by atoms with E-state index in [-0.39, 0.29) is 0 Å². The van der Waals surface area contributed by atoms with E-state index in [4.69, 9.17) is 4.74 Å². The molecule has 3 heterocycles. The van der Waals surface area contributed by atoms with Gasteiger partial charge in [-0.25, -0.2) is 9.97 Å². The highest BCUT2D eigenvalue weighted by atomic mass is 32.1. The molecule has 5 nitrogen and oxygen atoms in total. The first-order valence-corrected chi connectivity index (χ1v) is 9.37. The van der Waals surface area contributed by atoms with Gasteiger partial charge in [0.2, 0.25) is 0 Å². The van der Waals surface area contributed by atoms with E-state index in [0.29, 0.717) is 12.1 Å². The summed E-state index contributed by atoms with van der Waals surface area (Å²) in [5, 5.41) is 4.31. The van der Waals surface area contributed by atoms with Gasteiger partial charge in [0.1, 0.15) is 0 Å². The highest BCUT2D eigenvalue weighted by Crippen LogP contribution is 2.34. The van der Waals surface area contributed by atoms with Crippen LogP contribution in [0.4, 0.5) is 5.13 Å². The van der Waals surface area contributed by atoms with Crippen molar-refractivity contribution in [2.45, 2.75) is 51.7 Å². The Labute approximate surface area is 145 Å². The second-order valence-electron chi connectivity index (χ2n) is 6.60. The number of thiazole rings is 1. The number of fused-ring (bicyclic) bond motifs is 1. The molecule has 1 fully saturated rings. The molecule has 3 aromatic rings. The number of nitrogens with zero attached hydrogens (tertiary/aromatic N) is 3. The number of hydrogen-bond acceptors (Lipinski definition) is 5. The number of anilines is 1. The predicted molar refractivity (Wildman–Crippen MR) is 97.9 cm³/mol. The SMILES string of the molecule is CC(C)Nc1ncc(-c2cc(OC3CCCC3)c3nccn3c2)s1. The molecule has 0 bridgehead atoms. The van der Waals surface area contributed by atoms with Crippen molar-refractivity contribution >= 4 is 22.1 Å². The summed E-state index contributed by atoms with van der Waals surface area (Å²) in [5.41, 5.74) is 2.00. The molecule has 0 spiro atoms. The third-order valence-corrected chi connectivity index (χ3v) is 5.23. The first kappa shape index (κ1) is 15.4. The number of pyridine rings is 1. The molecule has 0 radical (unpaired) electrons. The number of imidazole rings is 1. The van der Waals surface area contributed by atoms with Gasteiger partial charge in [0.05, 0.1) is 11.0 Å². The van der Waals surface area contributed by atoms with Crippen LogP contribution in [0.1, 0.15) is 39.5 Å². The summed E-state index contributed by atoms with van der Waals surface area (Å²) in [6, 6.07) is 2.48. The first-order chi connectivity index (χ1) is 11.7. The molecule has 1 aliphatic rings. The minimum Gasteiger partial charge on any atom is -0.487 e. The van der Waals surface area contributed by atoms with Crippen molar-refractivity contribution in [1.82, 2.24) is 14.4 Å². The van der Waals surface area contributed by atoms with Crippen LogP contribution in [-0.4, -0.2) is 26.5 Å². The van der Waals surface area contributed by atoms with Gasteiger partial charge in [0, 0.05) is 36.4 Å². The van der Waals surface area contributed by atoms with Gasteiger partial charge in [-0.3, -0.25) is 0 Å². The predicted octanol–water partition coefficient (Wildman–Crippen LogP) is 4.60. The minimum atomic E-state index is 0.320. The molecular weight excluding hydrogens is 320 g/mol. The second kappa shape index (κ2) is 6.43. The molecule has 4 rings (SSSR count). The van der Waals surface area contributed by atoms with Crippen LogP contribution in [0.25, 0.3) is 16.1 Å². The number of hydrogen-bond donors (Lipinski definition) is 1. The lowest BCUT2D eigenvalue weighted by molar-refractivity contribution is 0.211. The molecule has 1 aliphatic carbocycles. The molecule has 1 N–H and O–H groups in total. The Kier molecular flexibility index (Phi) is 4.14. The maximum atomic E-state index is 6.27. The average molecular weight is 342 g/mol. The Bertz CT molecular complexity index is 833. The van der Waals surface area contributed by atoms with Gasteiger partial charge < -0.3 is 14.5 Å². The monoisotopic (exact) mass is 342 g/mol. The normalized spacial score (nSPS) is 15.5. The highest BCUT2D eigenvalue weighted by Gasteiger charge is 2.19. The number of nitrogens with one attached hydrogen (secondary N) is 1. The van der Waals surface area contributed by atoms with E-state index in [1.165, 1.54) is 12.8 Å². The molecule has 0 saturated heterocycles. The molecule has 24 heavy (non-hydrogen) atoms. The second-order valence-corrected chi connectivity index (χ2v) is 7.63. The summed E-state index contributed by atoms with van der Waals surface area (Å²) >= 11 is 1.67. The summed E-state index contributed by atoms with van der Waals surface area (Å²) < 4.78 is 8.30. The Morgan fingerprint density at radius 1 is 1.29 bits per heavy atom. The maximum absolute atomic E-state index is 6.27. The summed E-state index contributed by atoms with van der Waals surface area (Å²) in [6.07, 6.45) is 12.9. The fourth-order valence-corrected chi connectivity index (χ4v) is 4.07. The van der Waals surface area contributed by atoms with Gasteiger partial charge >= 0.3 is 0 Å². The van der Waals surface area contributed by atoms with Gasteiger partial charge in [-0.15, -0.1) is 0 Å². The smallest absolute Gasteiger partial charge is 0.183 e. The standard InChI is InChI=1S/C18H22N4OS/c1-12(2)21-18-20-10-16(24-18)13-9-15(23-14-5-3-4-6-14)17-19-7-8-22(17)11-13/h7-12,14H,3-6H2,1-2H3,(H,20,21). The molecule has 3 aromatic heterocycles. The highest BCUT2D eigenvalue weighted by molar-refractivity contribution is 7.18. The van der Waals surface area contributed by atoms with Crippen LogP contribution in [0.5, 0.6) is 5.75 Å². The van der Waals surface area contributed by atoms with Crippen LogP contribution in [0.15, 0.2) is 30.9 Å². The average Bonchev–Trinajstić information content (AvgIpc) is 3.26. The summed E-state index contributed by atoms with van der Waals surface area (Å²) in [6.45, 7) is 4.23. The van der Waals surface area contributed by atoms with Gasteiger partial charge in [0.25, 0.3) is 0 Å². The lowest BCUT2D eigenvalue weighted by Gasteiger charge is -2.14. The van der Waals surface area contributed by atoms with Gasteiger partial charge in [-0.2, -0.15) is 0 Å². The molecule has 6 heteroatoms. The lowest BCUT2D eigenvalue weighted by atomic mass is 10.2. The van der Waals surface area contributed by atoms with E-state index in [9.17, 15) is 0 Å². The molecule has 0 atom stereocenters. The largest absolute Gasteiger partial charge is 0.487 e. The van der Waals surface area contributed by atoms with Crippen molar-refractivity contribution in [2.24, 2.45) is 0 Å². The van der Waals surface area contributed by atoms with Crippen molar-refractivity contribution in [1.29, 1.82) is 0 Å². The zero-order valence-corrected chi connectivity index (χ0v) is 14.8. The van der Waals surface area contributed by atoms with Crippen molar-refractivity contribution in [3.05, 3.63) is 30.9 Å². The molecule has 0 unspecified atom stereocenters. The topological polar surface area (TPSA) is 51.5 Å². The zero-order chi connectivity index (χ0) is 16.5. The minimum absolute atomic E-state index is 0.320. The van der Waals surface area contributed by atoms with E-state index in [1.54, 1.807) is 11.3 Å². The molecule has 0 amide bonds. The van der Waals surface area contributed by atoms with Crippen molar-refractivity contribution < 1.29 is 4.74 Å². The molecular formula is C18H22N4OS. The van der Waals surface area contributed by atoms with Crippen LogP contribution < -0.4 is 10.1 Å². The lowest BCUT2D eigenvalue weighted by Crippen LogP contribution is -2.11. The quantitative estimate of drug-likeness (QED) is 0.736. The van der Waals surface area contributed by atoms with Gasteiger partial charge in [-0.05, 0) is 45.6 Å². The van der Waals surface area contributed by atoms with Crippen molar-refractivity contribution in [3.63, 3.8) is 0 Å². The van der Waals surface area contributed by atoms with Crippen molar-refractivity contribution in [2.75, 3.05) is 5.32 Å². The van der Waals surface area contributed by atoms with Gasteiger partial charge in [-0.1, -0.05) is 11.3 Å². The maximum Gasteiger partial charge on any atom is 0.183 e. The van der Waals surface area contributed by atoms with Gasteiger partial charge in [0.15, 0.2) is 16.5 Å². The van der Waals surface area contributed by atoms with E-state index < -0.39 is 0 Å². The Hall–Kier alpha value is -2.08. The molecule has 0 aliphatic heterocycles. The third kappa shape index (κ3) is 3.11. The van der Waals surface area contributed by atoms with Crippen LogP contribution >= 0.6 is 11.3 Å². The fourth-order valence-electron chi connectivity index (χ4n) is 3.13. The number of aromatic nitrogens is 3. The van der Waals surface area contributed by atoms with Crippen LogP contribution in [0.2, 0.25) is 0 Å². The summed E-state index contributed by atoms with van der Waals surface area (Å²) in [7, 11) is 0. The van der Waals surface area contributed by atoms with Crippen LogP contribution in [0.3, 0.4) is 0 Å². The molecule has 1 saturated carbocycles. The Balaban J connectivity index is 1.68. The molecule has 0 aromatic carbocycles. The third-order valence-electron chi connectivity index (χ3n) is 4.25. The van der Waals surface area contributed by atoms with E-state index in [2.05, 4.69) is 41.4 Å². The van der Waals surface area contributed by atoms with Crippen molar-refractivity contribution in [3.8, 4) is 16.2 Å². The van der Waals surface area contributed by atoms with Crippen LogP contribution in [0, 0.1) is 0 Å².